The quantitative estimate of drug-likeness (QED) is 0.357. The largest absolute Gasteiger partial charge is 0.455 e. The van der Waals surface area contributed by atoms with Crippen LogP contribution < -0.4 is 5.32 Å². The van der Waals surface area contributed by atoms with E-state index in [2.05, 4.69) is 40.0 Å². The van der Waals surface area contributed by atoms with E-state index in [1.807, 2.05) is 24.3 Å². The van der Waals surface area contributed by atoms with Crippen LogP contribution in [0.4, 0.5) is 0 Å². The predicted molar refractivity (Wildman–Crippen MR) is 126 cm³/mol. The maximum absolute atomic E-state index is 12.5. The van der Waals surface area contributed by atoms with E-state index in [0.29, 0.717) is 12.3 Å². The van der Waals surface area contributed by atoms with Crippen LogP contribution in [0.25, 0.3) is 0 Å². The molecule has 1 amide bonds. The minimum atomic E-state index is -1.21. The van der Waals surface area contributed by atoms with Crippen LogP contribution in [0.3, 0.4) is 0 Å². The number of unbranched alkanes of at least 4 members (excludes halogenated alkanes) is 2. The molecule has 0 saturated carbocycles. The van der Waals surface area contributed by atoms with Gasteiger partial charge in [0, 0.05) is 15.9 Å². The Morgan fingerprint density at radius 3 is 2.27 bits per heavy atom. The van der Waals surface area contributed by atoms with E-state index >= 15 is 0 Å². The molecule has 1 aromatic heterocycles. The number of furan rings is 1. The molecule has 0 aliphatic heterocycles. The van der Waals surface area contributed by atoms with Gasteiger partial charge < -0.3 is 14.6 Å². The molecule has 1 atom stereocenters. The molecular formula is C23H33BrN2O3S. The van der Waals surface area contributed by atoms with Crippen molar-refractivity contribution in [3.8, 4) is 0 Å². The van der Waals surface area contributed by atoms with Crippen molar-refractivity contribution >= 4 is 32.6 Å². The van der Waals surface area contributed by atoms with E-state index in [0.717, 1.165) is 35.4 Å². The Bertz CT molecular complexity index is 784. The summed E-state index contributed by atoms with van der Waals surface area (Å²) in [5.74, 6) is 0.848. The molecule has 0 fully saturated rings. The fraction of sp³-hybridized carbons (Fsp3) is 0.522. The summed E-state index contributed by atoms with van der Waals surface area (Å²) in [6.45, 7) is 8.29. The summed E-state index contributed by atoms with van der Waals surface area (Å²) in [6.07, 6.45) is 5.75. The van der Waals surface area contributed by atoms with Crippen LogP contribution in [-0.2, 0) is 16.6 Å². The van der Waals surface area contributed by atoms with Gasteiger partial charge in [0.05, 0.1) is 16.6 Å². The molecule has 0 bridgehead atoms. The monoisotopic (exact) mass is 496 g/mol. The number of benzene rings is 1. The van der Waals surface area contributed by atoms with Crippen LogP contribution in [0.15, 0.2) is 50.2 Å². The molecule has 166 valence electrons. The molecule has 0 aliphatic carbocycles. The highest BCUT2D eigenvalue weighted by Gasteiger charge is 2.14. The lowest BCUT2D eigenvalue weighted by Gasteiger charge is -2.21. The summed E-state index contributed by atoms with van der Waals surface area (Å²) in [7, 11) is -1.21. The molecule has 2 rings (SSSR count). The van der Waals surface area contributed by atoms with E-state index in [4.69, 9.17) is 4.42 Å². The molecule has 0 unspecified atom stereocenters. The van der Waals surface area contributed by atoms with E-state index < -0.39 is 10.8 Å². The van der Waals surface area contributed by atoms with Crippen molar-refractivity contribution in [1.82, 2.24) is 10.2 Å². The van der Waals surface area contributed by atoms with Crippen molar-refractivity contribution in [3.05, 3.63) is 52.4 Å². The van der Waals surface area contributed by atoms with Gasteiger partial charge in [0.1, 0.15) is 5.76 Å². The standard InChI is InChI=1S/C23H33BrN2O3S/c1-3-5-15-26(16-6-4-2)17-7-14-25-23(27)22-13-10-20(29-22)18-30(28)21-11-8-19(24)9-12-21/h8-13H,3-7,14-18H2,1-2H3,(H,25,27)/t30-/m0/s1. The van der Waals surface area contributed by atoms with Crippen LogP contribution in [0.5, 0.6) is 0 Å². The molecule has 0 aliphatic rings. The van der Waals surface area contributed by atoms with Crippen LogP contribution in [0.1, 0.15) is 62.3 Å². The summed E-state index contributed by atoms with van der Waals surface area (Å²) in [6, 6.07) is 10.7. The van der Waals surface area contributed by atoms with Gasteiger partial charge in [0.25, 0.3) is 5.91 Å². The van der Waals surface area contributed by atoms with Gasteiger partial charge in [-0.25, -0.2) is 0 Å². The highest BCUT2D eigenvalue weighted by Crippen LogP contribution is 2.17. The zero-order valence-corrected chi connectivity index (χ0v) is 20.4. The number of halogens is 1. The highest BCUT2D eigenvalue weighted by molar-refractivity contribution is 9.10. The molecule has 5 nitrogen and oxygen atoms in total. The summed E-state index contributed by atoms with van der Waals surface area (Å²) in [4.78, 5) is 15.6. The lowest BCUT2D eigenvalue weighted by atomic mass is 10.2. The lowest BCUT2D eigenvalue weighted by molar-refractivity contribution is 0.0922. The zero-order chi connectivity index (χ0) is 21.8. The van der Waals surface area contributed by atoms with Crippen LogP contribution in [0.2, 0.25) is 0 Å². The maximum Gasteiger partial charge on any atom is 0.286 e. The fourth-order valence-corrected chi connectivity index (χ4v) is 4.35. The molecule has 7 heteroatoms. The van der Waals surface area contributed by atoms with Gasteiger partial charge in [0.15, 0.2) is 5.76 Å². The smallest absolute Gasteiger partial charge is 0.286 e. The summed E-state index contributed by atoms with van der Waals surface area (Å²) in [5, 5.41) is 2.93. The van der Waals surface area contributed by atoms with Gasteiger partial charge in [-0.3, -0.25) is 9.00 Å². The molecule has 2 aromatic rings. The first kappa shape index (κ1) is 24.8. The van der Waals surface area contributed by atoms with Crippen LogP contribution >= 0.6 is 15.9 Å². The third-order valence-corrected chi connectivity index (χ3v) is 6.70. The van der Waals surface area contributed by atoms with Gasteiger partial charge in [-0.15, -0.1) is 0 Å². The molecule has 30 heavy (non-hydrogen) atoms. The Morgan fingerprint density at radius 2 is 1.63 bits per heavy atom. The second-order valence-electron chi connectivity index (χ2n) is 7.37. The average molecular weight is 497 g/mol. The van der Waals surface area contributed by atoms with Gasteiger partial charge in [0.2, 0.25) is 0 Å². The first-order valence-corrected chi connectivity index (χ1v) is 12.9. The van der Waals surface area contributed by atoms with Crippen molar-refractivity contribution in [3.63, 3.8) is 0 Å². The second kappa shape index (κ2) is 13.8. The van der Waals surface area contributed by atoms with Gasteiger partial charge in [-0.1, -0.05) is 42.6 Å². The van der Waals surface area contributed by atoms with E-state index in [-0.39, 0.29) is 17.4 Å². The minimum Gasteiger partial charge on any atom is -0.455 e. The Morgan fingerprint density at radius 1 is 1.00 bits per heavy atom. The minimum absolute atomic E-state index is 0.218. The number of hydrogen-bond acceptors (Lipinski definition) is 4. The van der Waals surface area contributed by atoms with E-state index in [1.54, 1.807) is 12.1 Å². The van der Waals surface area contributed by atoms with Crippen LogP contribution in [-0.4, -0.2) is 41.2 Å². The van der Waals surface area contributed by atoms with E-state index in [9.17, 15) is 9.00 Å². The number of amides is 1. The first-order valence-electron chi connectivity index (χ1n) is 10.8. The molecule has 0 radical (unpaired) electrons. The van der Waals surface area contributed by atoms with E-state index in [1.165, 1.54) is 25.7 Å². The van der Waals surface area contributed by atoms with Gasteiger partial charge in [-0.2, -0.15) is 0 Å². The summed E-state index contributed by atoms with van der Waals surface area (Å²) < 4.78 is 19.0. The fourth-order valence-electron chi connectivity index (χ4n) is 3.07. The number of nitrogens with zero attached hydrogens (tertiary/aromatic N) is 1. The Balaban J connectivity index is 1.76. The van der Waals surface area contributed by atoms with Crippen molar-refractivity contribution in [1.29, 1.82) is 0 Å². The lowest BCUT2D eigenvalue weighted by Crippen LogP contribution is -2.31. The summed E-state index contributed by atoms with van der Waals surface area (Å²) >= 11 is 3.37. The third-order valence-electron chi connectivity index (χ3n) is 4.83. The number of rotatable bonds is 14. The van der Waals surface area contributed by atoms with Gasteiger partial charge in [-0.05, 0) is 75.3 Å². The summed E-state index contributed by atoms with van der Waals surface area (Å²) in [5.41, 5.74) is 0. The normalized spacial score (nSPS) is 12.3. The number of carbonyl (C=O) groups is 1. The Kier molecular flexibility index (Phi) is 11.4. The molecular weight excluding hydrogens is 464 g/mol. The molecule has 1 N–H and O–H groups in total. The predicted octanol–water partition coefficient (Wildman–Crippen LogP) is 5.37. The van der Waals surface area contributed by atoms with Crippen LogP contribution in [0, 0.1) is 0 Å². The van der Waals surface area contributed by atoms with Crippen molar-refractivity contribution in [2.24, 2.45) is 0 Å². The number of carbonyl (C=O) groups excluding carboxylic acids is 1. The third kappa shape index (κ3) is 8.74. The zero-order valence-electron chi connectivity index (χ0n) is 18.0. The SMILES string of the molecule is CCCCN(CCCC)CCCNC(=O)c1ccc(C[S@](=O)c2ccc(Br)cc2)o1. The Hall–Kier alpha value is -1.44. The number of hydrogen-bond donors (Lipinski definition) is 1. The molecule has 0 spiro atoms. The second-order valence-corrected chi connectivity index (χ2v) is 9.73. The molecule has 1 aromatic carbocycles. The molecule has 0 saturated heterocycles. The van der Waals surface area contributed by atoms with Crippen molar-refractivity contribution in [2.75, 3.05) is 26.2 Å². The highest BCUT2D eigenvalue weighted by atomic mass is 79.9. The van der Waals surface area contributed by atoms with Crippen molar-refractivity contribution in [2.45, 2.75) is 56.6 Å². The Labute approximate surface area is 191 Å². The first-order chi connectivity index (χ1) is 14.5. The average Bonchev–Trinajstić information content (AvgIpc) is 3.21. The topological polar surface area (TPSA) is 62.6 Å². The van der Waals surface area contributed by atoms with Crippen molar-refractivity contribution < 1.29 is 13.4 Å². The molecule has 1 heterocycles. The maximum atomic E-state index is 12.5. The van der Waals surface area contributed by atoms with Gasteiger partial charge >= 0.3 is 0 Å². The number of nitrogens with one attached hydrogen (secondary N) is 1.